The molecule has 27 heavy (non-hydrogen) atoms. The number of rotatable bonds is 3. The van der Waals surface area contributed by atoms with Gasteiger partial charge in [-0.25, -0.2) is 9.38 Å². The minimum atomic E-state index is -0.178. The zero-order valence-electron chi connectivity index (χ0n) is 14.7. The van der Waals surface area contributed by atoms with E-state index >= 15 is 0 Å². The van der Waals surface area contributed by atoms with E-state index in [4.69, 9.17) is 10.5 Å². The van der Waals surface area contributed by atoms with Crippen molar-refractivity contribution < 1.29 is 4.74 Å². The van der Waals surface area contributed by atoms with E-state index < -0.39 is 0 Å². The van der Waals surface area contributed by atoms with Crippen LogP contribution in [0.5, 0.6) is 5.88 Å². The van der Waals surface area contributed by atoms with Gasteiger partial charge < -0.3 is 15.8 Å². The summed E-state index contributed by atoms with van der Waals surface area (Å²) in [5.41, 5.74) is 8.85. The van der Waals surface area contributed by atoms with E-state index in [9.17, 15) is 0 Å². The first-order chi connectivity index (χ1) is 13.2. The molecule has 0 saturated heterocycles. The molecule has 5 rings (SSSR count). The Bertz CT molecular complexity index is 1130. The van der Waals surface area contributed by atoms with Crippen molar-refractivity contribution in [3.05, 3.63) is 48.5 Å². The van der Waals surface area contributed by atoms with Crippen LogP contribution in [0.25, 0.3) is 16.8 Å². The number of nitrogens with zero attached hydrogens (tertiary/aromatic N) is 6. The van der Waals surface area contributed by atoms with Crippen LogP contribution < -0.4 is 15.8 Å². The van der Waals surface area contributed by atoms with E-state index in [1.807, 2.05) is 41.8 Å². The average molecular weight is 362 g/mol. The first-order valence-electron chi connectivity index (χ1n) is 8.68. The van der Waals surface area contributed by atoms with Crippen molar-refractivity contribution >= 4 is 17.3 Å². The van der Waals surface area contributed by atoms with Crippen LogP contribution in [0.2, 0.25) is 0 Å². The van der Waals surface area contributed by atoms with Gasteiger partial charge in [0, 0.05) is 31.8 Å². The van der Waals surface area contributed by atoms with E-state index in [2.05, 4.69) is 25.6 Å². The Labute approximate surface area is 154 Å². The van der Waals surface area contributed by atoms with Crippen LogP contribution in [0, 0.1) is 0 Å². The van der Waals surface area contributed by atoms with Crippen molar-refractivity contribution in [2.75, 3.05) is 11.9 Å². The van der Waals surface area contributed by atoms with Gasteiger partial charge in [0.25, 0.3) is 0 Å². The van der Waals surface area contributed by atoms with Crippen LogP contribution in [0.1, 0.15) is 18.3 Å². The molecule has 1 atom stereocenters. The van der Waals surface area contributed by atoms with Gasteiger partial charge in [0.15, 0.2) is 11.5 Å². The van der Waals surface area contributed by atoms with Gasteiger partial charge >= 0.3 is 0 Å². The van der Waals surface area contributed by atoms with Gasteiger partial charge in [-0.1, -0.05) is 0 Å². The molecule has 0 aliphatic carbocycles. The van der Waals surface area contributed by atoms with Gasteiger partial charge in [-0.05, 0) is 29.3 Å². The van der Waals surface area contributed by atoms with Crippen molar-refractivity contribution in [3.63, 3.8) is 0 Å². The lowest BCUT2D eigenvalue weighted by Gasteiger charge is -2.10. The Morgan fingerprint density at radius 3 is 2.93 bits per heavy atom. The molecule has 1 unspecified atom stereocenters. The number of aryl methyl sites for hydroxylation is 1. The Kier molecular flexibility index (Phi) is 3.54. The topological polar surface area (TPSA) is 108 Å². The second kappa shape index (κ2) is 6.06. The van der Waals surface area contributed by atoms with Gasteiger partial charge in [0.05, 0.1) is 18.8 Å². The SMILES string of the molecule is Cn1nccc1Nc1cc(-c2cc3n4c(nnc4c2)C(N)CCO3)ccn1. The number of pyridine rings is 2. The largest absolute Gasteiger partial charge is 0.478 e. The second-order valence-corrected chi connectivity index (χ2v) is 6.47. The number of hydrogen-bond acceptors (Lipinski definition) is 7. The Balaban J connectivity index is 1.56. The maximum Gasteiger partial charge on any atom is 0.201 e. The fourth-order valence-corrected chi connectivity index (χ4v) is 3.25. The third kappa shape index (κ3) is 2.68. The lowest BCUT2D eigenvalue weighted by Crippen LogP contribution is -2.13. The van der Waals surface area contributed by atoms with Gasteiger partial charge in [0.1, 0.15) is 11.6 Å². The van der Waals surface area contributed by atoms with Gasteiger partial charge in [-0.2, -0.15) is 5.10 Å². The summed E-state index contributed by atoms with van der Waals surface area (Å²) < 4.78 is 9.54. The van der Waals surface area contributed by atoms with Crippen LogP contribution in [-0.2, 0) is 7.05 Å². The summed E-state index contributed by atoms with van der Waals surface area (Å²) in [6.07, 6.45) is 4.21. The molecule has 0 amide bonds. The highest BCUT2D eigenvalue weighted by atomic mass is 16.5. The molecule has 9 heteroatoms. The molecule has 9 nitrogen and oxygen atoms in total. The minimum Gasteiger partial charge on any atom is -0.478 e. The molecule has 4 aromatic rings. The summed E-state index contributed by atoms with van der Waals surface area (Å²) in [5.74, 6) is 3.03. The third-order valence-corrected chi connectivity index (χ3v) is 4.68. The molecule has 1 aliphatic rings. The van der Waals surface area contributed by atoms with Crippen LogP contribution in [0.15, 0.2) is 42.7 Å². The smallest absolute Gasteiger partial charge is 0.201 e. The monoisotopic (exact) mass is 362 g/mol. The summed E-state index contributed by atoms with van der Waals surface area (Å²) in [7, 11) is 1.87. The molecule has 5 heterocycles. The molecular formula is C18H18N8O. The predicted octanol–water partition coefficient (Wildman–Crippen LogP) is 2.05. The molecule has 0 saturated carbocycles. The normalized spacial score (nSPS) is 16.1. The van der Waals surface area contributed by atoms with Crippen molar-refractivity contribution in [2.24, 2.45) is 12.8 Å². The molecule has 0 bridgehead atoms. The Morgan fingerprint density at radius 1 is 1.15 bits per heavy atom. The zero-order chi connectivity index (χ0) is 18.4. The maximum absolute atomic E-state index is 6.17. The Morgan fingerprint density at radius 2 is 2.07 bits per heavy atom. The third-order valence-electron chi connectivity index (χ3n) is 4.68. The highest BCUT2D eigenvalue weighted by molar-refractivity contribution is 5.72. The summed E-state index contributed by atoms with van der Waals surface area (Å²) in [6, 6.07) is 9.61. The first-order valence-corrected chi connectivity index (χ1v) is 8.68. The number of ether oxygens (including phenoxy) is 1. The highest BCUT2D eigenvalue weighted by Gasteiger charge is 2.21. The van der Waals surface area contributed by atoms with E-state index in [1.165, 1.54) is 0 Å². The molecule has 0 fully saturated rings. The second-order valence-electron chi connectivity index (χ2n) is 6.47. The zero-order valence-corrected chi connectivity index (χ0v) is 14.7. The van der Waals surface area contributed by atoms with Crippen LogP contribution in [-0.4, -0.2) is 36.0 Å². The molecule has 3 N–H and O–H groups in total. The van der Waals surface area contributed by atoms with Crippen LogP contribution in [0.3, 0.4) is 0 Å². The van der Waals surface area contributed by atoms with E-state index in [1.54, 1.807) is 17.1 Å². The fourth-order valence-electron chi connectivity index (χ4n) is 3.25. The fraction of sp³-hybridized carbons (Fsp3) is 0.222. The maximum atomic E-state index is 6.17. The van der Waals surface area contributed by atoms with Crippen molar-refractivity contribution in [2.45, 2.75) is 12.5 Å². The number of aromatic nitrogens is 6. The van der Waals surface area contributed by atoms with Gasteiger partial charge in [-0.15, -0.1) is 10.2 Å². The van der Waals surface area contributed by atoms with Crippen molar-refractivity contribution in [1.82, 2.24) is 29.4 Å². The molecule has 0 spiro atoms. The number of nitrogens with one attached hydrogen (secondary N) is 1. The highest BCUT2D eigenvalue weighted by Crippen LogP contribution is 2.31. The molecule has 4 aromatic heterocycles. The lowest BCUT2D eigenvalue weighted by atomic mass is 10.1. The quantitative estimate of drug-likeness (QED) is 0.574. The standard InChI is InChI=1S/C18H18N8O/c1-25-15(3-6-21-25)22-14-8-11(2-5-20-14)12-9-16-23-24-18-13(19)4-7-27-17(10-12)26(16)18/h2-3,5-6,8-10,13H,4,7,19H2,1H3,(H,20,22). The first kappa shape index (κ1) is 15.8. The number of nitrogens with two attached hydrogens (primary N) is 1. The summed E-state index contributed by atoms with van der Waals surface area (Å²) in [6.45, 7) is 0.548. The molecule has 0 aromatic carbocycles. The molecule has 0 radical (unpaired) electrons. The molecule has 1 aliphatic heterocycles. The summed E-state index contributed by atoms with van der Waals surface area (Å²) in [5, 5.41) is 15.9. The molecular weight excluding hydrogens is 344 g/mol. The van der Waals surface area contributed by atoms with E-state index in [-0.39, 0.29) is 6.04 Å². The number of hydrogen-bond donors (Lipinski definition) is 2. The summed E-state index contributed by atoms with van der Waals surface area (Å²) in [4.78, 5) is 4.39. The van der Waals surface area contributed by atoms with E-state index in [0.29, 0.717) is 24.6 Å². The van der Waals surface area contributed by atoms with Gasteiger partial charge in [-0.3, -0.25) is 4.68 Å². The lowest BCUT2D eigenvalue weighted by molar-refractivity contribution is 0.298. The van der Waals surface area contributed by atoms with Crippen molar-refractivity contribution in [1.29, 1.82) is 0 Å². The number of anilines is 2. The van der Waals surface area contributed by atoms with Crippen LogP contribution >= 0.6 is 0 Å². The predicted molar refractivity (Wildman–Crippen MR) is 99.7 cm³/mol. The molecule has 136 valence electrons. The van der Waals surface area contributed by atoms with Crippen molar-refractivity contribution in [3.8, 4) is 17.0 Å². The Hall–Kier alpha value is -3.46. The minimum absolute atomic E-state index is 0.178. The van der Waals surface area contributed by atoms with Crippen LogP contribution in [0.4, 0.5) is 11.6 Å². The van der Waals surface area contributed by atoms with E-state index in [0.717, 1.165) is 28.6 Å². The average Bonchev–Trinajstić information content (AvgIpc) is 3.24. The summed E-state index contributed by atoms with van der Waals surface area (Å²) >= 11 is 0. The van der Waals surface area contributed by atoms with Gasteiger partial charge in [0.2, 0.25) is 5.88 Å².